The first-order chi connectivity index (χ1) is 10.3. The molecule has 0 amide bonds. The van der Waals surface area contributed by atoms with Crippen LogP contribution in [0.2, 0.25) is 0 Å². The van der Waals surface area contributed by atoms with E-state index in [1.807, 2.05) is 12.4 Å². The van der Waals surface area contributed by atoms with Crippen LogP contribution < -0.4 is 0 Å². The van der Waals surface area contributed by atoms with E-state index in [-0.39, 0.29) is 0 Å². The zero-order valence-corrected chi connectivity index (χ0v) is 13.0. The molecule has 1 fully saturated rings. The van der Waals surface area contributed by atoms with Crippen LogP contribution >= 0.6 is 0 Å². The van der Waals surface area contributed by atoms with Crippen molar-refractivity contribution >= 4 is 0 Å². The Balaban J connectivity index is 1.65. The molecule has 1 aliphatic rings. The van der Waals surface area contributed by atoms with Gasteiger partial charge in [-0.05, 0) is 66.5 Å². The Morgan fingerprint density at radius 1 is 0.952 bits per heavy atom. The molecule has 0 radical (unpaired) electrons. The Bertz CT molecular complexity index is 568. The van der Waals surface area contributed by atoms with Crippen LogP contribution in [0, 0.1) is 12.8 Å². The molecule has 0 saturated heterocycles. The predicted molar refractivity (Wildman–Crippen MR) is 88.5 cm³/mol. The monoisotopic (exact) mass is 279 g/mol. The lowest BCUT2D eigenvalue weighted by Crippen LogP contribution is -2.02. The molecule has 0 atom stereocenters. The van der Waals surface area contributed by atoms with Gasteiger partial charge in [0, 0.05) is 12.4 Å². The Morgan fingerprint density at radius 3 is 2.43 bits per heavy atom. The van der Waals surface area contributed by atoms with Crippen molar-refractivity contribution in [3.63, 3.8) is 0 Å². The predicted octanol–water partition coefficient (Wildman–Crippen LogP) is 4.91. The molecule has 1 nitrogen and oxygen atoms in total. The van der Waals surface area contributed by atoms with Gasteiger partial charge in [0.1, 0.15) is 0 Å². The summed E-state index contributed by atoms with van der Waals surface area (Å²) < 4.78 is 0. The minimum Gasteiger partial charge on any atom is -0.265 e. The quantitative estimate of drug-likeness (QED) is 0.758. The van der Waals surface area contributed by atoms with Crippen LogP contribution in [0.3, 0.4) is 0 Å². The summed E-state index contributed by atoms with van der Waals surface area (Å²) >= 11 is 0. The molecule has 1 heteroatoms. The molecule has 1 saturated carbocycles. The summed E-state index contributed by atoms with van der Waals surface area (Å²) in [6.07, 6.45) is 13.0. The molecule has 2 aromatic rings. The maximum Gasteiger partial charge on any atom is 0.0270 e. The Hall–Kier alpha value is -1.63. The molecule has 0 unspecified atom stereocenters. The Kier molecular flexibility index (Phi) is 4.69. The van der Waals surface area contributed by atoms with E-state index in [1.54, 1.807) is 5.56 Å². The third-order valence-corrected chi connectivity index (χ3v) is 4.85. The second-order valence-electron chi connectivity index (χ2n) is 6.47. The smallest absolute Gasteiger partial charge is 0.0270 e. The van der Waals surface area contributed by atoms with Crippen LogP contribution in [0.5, 0.6) is 0 Å². The van der Waals surface area contributed by atoms with Gasteiger partial charge < -0.3 is 0 Å². The number of aromatic nitrogens is 1. The molecule has 21 heavy (non-hydrogen) atoms. The number of benzene rings is 1. The lowest BCUT2D eigenvalue weighted by Gasteiger charge is -2.13. The van der Waals surface area contributed by atoms with Crippen LogP contribution in [0.4, 0.5) is 0 Å². The second-order valence-corrected chi connectivity index (χ2v) is 6.47. The first-order valence-electron chi connectivity index (χ1n) is 8.28. The van der Waals surface area contributed by atoms with Crippen LogP contribution in [0.25, 0.3) is 0 Å². The van der Waals surface area contributed by atoms with Gasteiger partial charge in [-0.1, -0.05) is 43.9 Å². The molecule has 0 spiro atoms. The van der Waals surface area contributed by atoms with E-state index in [4.69, 9.17) is 0 Å². The van der Waals surface area contributed by atoms with Gasteiger partial charge >= 0.3 is 0 Å². The molecule has 110 valence electrons. The SMILES string of the molecule is Cc1ccc(CCc2ccncc2)cc1CC1CCCC1. The highest BCUT2D eigenvalue weighted by molar-refractivity contribution is 5.32. The zero-order valence-electron chi connectivity index (χ0n) is 13.0. The van der Waals surface area contributed by atoms with Crippen molar-refractivity contribution in [2.75, 3.05) is 0 Å². The number of pyridine rings is 1. The highest BCUT2D eigenvalue weighted by Crippen LogP contribution is 2.29. The fourth-order valence-electron chi connectivity index (χ4n) is 3.46. The van der Waals surface area contributed by atoms with E-state index < -0.39 is 0 Å². The maximum atomic E-state index is 4.08. The summed E-state index contributed by atoms with van der Waals surface area (Å²) in [6.45, 7) is 2.26. The van der Waals surface area contributed by atoms with E-state index in [0.29, 0.717) is 0 Å². The van der Waals surface area contributed by atoms with Gasteiger partial charge in [-0.15, -0.1) is 0 Å². The van der Waals surface area contributed by atoms with Crippen molar-refractivity contribution in [2.45, 2.75) is 51.9 Å². The van der Waals surface area contributed by atoms with Crippen molar-refractivity contribution in [1.82, 2.24) is 4.98 Å². The summed E-state index contributed by atoms with van der Waals surface area (Å²) in [5.74, 6) is 0.930. The zero-order chi connectivity index (χ0) is 14.5. The summed E-state index contributed by atoms with van der Waals surface area (Å²) in [5, 5.41) is 0. The molecule has 1 aromatic heterocycles. The lowest BCUT2D eigenvalue weighted by atomic mass is 9.92. The van der Waals surface area contributed by atoms with Crippen molar-refractivity contribution in [2.24, 2.45) is 5.92 Å². The number of rotatable bonds is 5. The second kappa shape index (κ2) is 6.89. The van der Waals surface area contributed by atoms with Crippen LogP contribution in [0.15, 0.2) is 42.7 Å². The highest BCUT2D eigenvalue weighted by atomic mass is 14.6. The van der Waals surface area contributed by atoms with Crippen molar-refractivity contribution in [1.29, 1.82) is 0 Å². The lowest BCUT2D eigenvalue weighted by molar-refractivity contribution is 0.545. The van der Waals surface area contributed by atoms with Crippen molar-refractivity contribution in [3.05, 3.63) is 65.0 Å². The first-order valence-corrected chi connectivity index (χ1v) is 8.28. The van der Waals surface area contributed by atoms with Crippen molar-refractivity contribution < 1.29 is 0 Å². The largest absolute Gasteiger partial charge is 0.265 e. The van der Waals surface area contributed by atoms with Gasteiger partial charge in [-0.2, -0.15) is 0 Å². The minimum absolute atomic E-state index is 0.930. The maximum absolute atomic E-state index is 4.08. The van der Waals surface area contributed by atoms with Crippen LogP contribution in [-0.4, -0.2) is 4.98 Å². The third-order valence-electron chi connectivity index (χ3n) is 4.85. The first kappa shape index (κ1) is 14.3. The average Bonchev–Trinajstić information content (AvgIpc) is 3.02. The van der Waals surface area contributed by atoms with E-state index in [0.717, 1.165) is 18.8 Å². The summed E-state index contributed by atoms with van der Waals surface area (Å²) in [7, 11) is 0. The molecule has 1 aromatic carbocycles. The van der Waals surface area contributed by atoms with E-state index in [9.17, 15) is 0 Å². The van der Waals surface area contributed by atoms with Gasteiger partial charge in [-0.25, -0.2) is 0 Å². The molecule has 0 bridgehead atoms. The summed E-state index contributed by atoms with van der Waals surface area (Å²) in [6, 6.07) is 11.3. The fourth-order valence-corrected chi connectivity index (χ4v) is 3.46. The number of nitrogens with zero attached hydrogens (tertiary/aromatic N) is 1. The Morgan fingerprint density at radius 2 is 1.67 bits per heavy atom. The molecular formula is C20H25N. The summed E-state index contributed by atoms with van der Waals surface area (Å²) in [5.41, 5.74) is 5.90. The molecule has 0 N–H and O–H groups in total. The van der Waals surface area contributed by atoms with Crippen LogP contribution in [-0.2, 0) is 19.3 Å². The minimum atomic E-state index is 0.930. The molecule has 1 aliphatic carbocycles. The van der Waals surface area contributed by atoms with E-state index >= 15 is 0 Å². The third kappa shape index (κ3) is 3.93. The molecule has 0 aliphatic heterocycles. The van der Waals surface area contributed by atoms with Gasteiger partial charge in [0.05, 0.1) is 0 Å². The number of hydrogen-bond donors (Lipinski definition) is 0. The topological polar surface area (TPSA) is 12.9 Å². The number of aryl methyl sites for hydroxylation is 3. The van der Waals surface area contributed by atoms with Gasteiger partial charge in [0.25, 0.3) is 0 Å². The normalized spacial score (nSPS) is 15.5. The molecular weight excluding hydrogens is 254 g/mol. The highest BCUT2D eigenvalue weighted by Gasteiger charge is 2.16. The van der Waals surface area contributed by atoms with Crippen molar-refractivity contribution in [3.8, 4) is 0 Å². The molecule has 3 rings (SSSR count). The van der Waals surface area contributed by atoms with E-state index in [1.165, 1.54) is 48.8 Å². The average molecular weight is 279 g/mol. The molecule has 1 heterocycles. The van der Waals surface area contributed by atoms with Gasteiger partial charge in [-0.3, -0.25) is 4.98 Å². The van der Waals surface area contributed by atoms with E-state index in [2.05, 4.69) is 42.2 Å². The Labute approximate surface area is 128 Å². The standard InChI is InChI=1S/C20H25N/c1-16-6-7-19(9-8-17-10-12-21-13-11-17)15-20(16)14-18-4-2-3-5-18/h6-7,10-13,15,18H,2-5,8-9,14H2,1H3. The summed E-state index contributed by atoms with van der Waals surface area (Å²) in [4.78, 5) is 4.08. The van der Waals surface area contributed by atoms with Crippen LogP contribution in [0.1, 0.15) is 47.9 Å². The fraction of sp³-hybridized carbons (Fsp3) is 0.450. The van der Waals surface area contributed by atoms with Gasteiger partial charge in [0.2, 0.25) is 0 Å². The number of hydrogen-bond acceptors (Lipinski definition) is 1. The van der Waals surface area contributed by atoms with Gasteiger partial charge in [0.15, 0.2) is 0 Å².